The second-order valence-electron chi connectivity index (χ2n) is 7.37. The van der Waals surface area contributed by atoms with Gasteiger partial charge in [0, 0.05) is 12.0 Å². The number of ether oxygens (including phenoxy) is 1. The summed E-state index contributed by atoms with van der Waals surface area (Å²) in [5, 5.41) is 12.0. The Kier molecular flexibility index (Phi) is 4.84. The number of carboxylic acids is 1. The third-order valence-electron chi connectivity index (χ3n) is 5.69. The molecule has 2 N–H and O–H groups in total. The zero-order chi connectivity index (χ0) is 18.8. The molecule has 0 unspecified atom stereocenters. The molecule has 0 radical (unpaired) electrons. The maximum absolute atomic E-state index is 12.3. The topological polar surface area (TPSA) is 75.6 Å². The predicted molar refractivity (Wildman–Crippen MR) is 102 cm³/mol. The quantitative estimate of drug-likeness (QED) is 0.853. The largest absolute Gasteiger partial charge is 0.481 e. The number of benzene rings is 2. The summed E-state index contributed by atoms with van der Waals surface area (Å²) >= 11 is 0. The Balaban J connectivity index is 1.40. The molecule has 27 heavy (non-hydrogen) atoms. The molecule has 2 atom stereocenters. The molecule has 1 saturated carbocycles. The van der Waals surface area contributed by atoms with Crippen LogP contribution < -0.4 is 5.32 Å². The van der Waals surface area contributed by atoms with Crippen molar-refractivity contribution in [2.24, 2.45) is 5.92 Å². The molecule has 2 aliphatic carbocycles. The molecule has 4 rings (SSSR count). The Hall–Kier alpha value is -2.82. The highest BCUT2D eigenvalue weighted by Gasteiger charge is 2.30. The van der Waals surface area contributed by atoms with Gasteiger partial charge < -0.3 is 15.2 Å². The van der Waals surface area contributed by atoms with Crippen LogP contribution in [0.2, 0.25) is 0 Å². The molecule has 2 aromatic rings. The van der Waals surface area contributed by atoms with Crippen molar-refractivity contribution >= 4 is 12.1 Å². The van der Waals surface area contributed by atoms with Crippen molar-refractivity contribution < 1.29 is 19.4 Å². The molecular weight excluding hydrogens is 342 g/mol. The van der Waals surface area contributed by atoms with Crippen molar-refractivity contribution in [3.05, 3.63) is 59.7 Å². The van der Waals surface area contributed by atoms with Gasteiger partial charge in [-0.2, -0.15) is 0 Å². The Morgan fingerprint density at radius 1 is 1.00 bits per heavy atom. The van der Waals surface area contributed by atoms with Crippen molar-refractivity contribution in [1.82, 2.24) is 5.32 Å². The normalized spacial score (nSPS) is 21.2. The van der Waals surface area contributed by atoms with Crippen LogP contribution in [-0.2, 0) is 9.53 Å². The number of fused-ring (bicyclic) bond motifs is 3. The first-order chi connectivity index (χ1) is 13.1. The fraction of sp³-hybridized carbons (Fsp3) is 0.364. The van der Waals surface area contributed by atoms with E-state index in [4.69, 9.17) is 4.74 Å². The molecule has 0 spiro atoms. The first-order valence-corrected chi connectivity index (χ1v) is 9.48. The third kappa shape index (κ3) is 3.54. The smallest absolute Gasteiger partial charge is 0.407 e. The lowest BCUT2D eigenvalue weighted by Crippen LogP contribution is -2.40. The van der Waals surface area contributed by atoms with Crippen molar-refractivity contribution in [3.63, 3.8) is 0 Å². The molecule has 0 aromatic heterocycles. The number of carbonyl (C=O) groups is 2. The molecule has 0 saturated heterocycles. The van der Waals surface area contributed by atoms with Gasteiger partial charge in [0.05, 0.1) is 5.92 Å². The average molecular weight is 365 g/mol. The number of rotatable bonds is 4. The number of amides is 1. The Morgan fingerprint density at radius 2 is 1.63 bits per heavy atom. The number of carboxylic acid groups (broad SMARTS) is 1. The Bertz CT molecular complexity index is 817. The van der Waals surface area contributed by atoms with Crippen LogP contribution in [0.5, 0.6) is 0 Å². The van der Waals surface area contributed by atoms with E-state index in [1.165, 1.54) is 22.3 Å². The number of hydrogen-bond acceptors (Lipinski definition) is 3. The lowest BCUT2D eigenvalue weighted by Gasteiger charge is -2.27. The number of nitrogens with one attached hydrogen (secondary N) is 1. The van der Waals surface area contributed by atoms with Gasteiger partial charge in [-0.1, -0.05) is 55.0 Å². The SMILES string of the molecule is O=C(N[C@@H]1CCC[C@@H](C(=O)O)C1)OCC1c2ccccc2-c2ccccc21. The van der Waals surface area contributed by atoms with Crippen molar-refractivity contribution in [2.75, 3.05) is 6.61 Å². The van der Waals surface area contributed by atoms with Crippen molar-refractivity contribution in [1.29, 1.82) is 0 Å². The first-order valence-electron chi connectivity index (χ1n) is 9.48. The minimum absolute atomic E-state index is 0.0290. The molecule has 1 fully saturated rings. The predicted octanol–water partition coefficient (Wildman–Crippen LogP) is 4.17. The summed E-state index contributed by atoms with van der Waals surface area (Å²) in [5.74, 6) is -1.13. The molecule has 1 amide bonds. The van der Waals surface area contributed by atoms with E-state index in [1.54, 1.807) is 0 Å². The third-order valence-corrected chi connectivity index (χ3v) is 5.69. The second kappa shape index (κ2) is 7.43. The minimum atomic E-state index is -0.783. The molecule has 0 aliphatic heterocycles. The maximum atomic E-state index is 12.3. The van der Waals surface area contributed by atoms with Crippen LogP contribution in [0.4, 0.5) is 4.79 Å². The minimum Gasteiger partial charge on any atom is -0.481 e. The van der Waals surface area contributed by atoms with Gasteiger partial charge in [0.1, 0.15) is 6.61 Å². The number of carbonyl (C=O) groups excluding carboxylic acids is 1. The van der Waals surface area contributed by atoms with Gasteiger partial charge in [0.15, 0.2) is 0 Å². The van der Waals surface area contributed by atoms with Gasteiger partial charge in [-0.25, -0.2) is 4.79 Å². The van der Waals surface area contributed by atoms with E-state index in [9.17, 15) is 14.7 Å². The van der Waals surface area contributed by atoms with Crippen LogP contribution in [0.15, 0.2) is 48.5 Å². The fourth-order valence-corrected chi connectivity index (χ4v) is 4.35. The highest BCUT2D eigenvalue weighted by Crippen LogP contribution is 2.44. The number of aliphatic carboxylic acids is 1. The molecule has 0 bridgehead atoms. The van der Waals surface area contributed by atoms with E-state index in [2.05, 4.69) is 29.6 Å². The molecule has 5 heteroatoms. The summed E-state index contributed by atoms with van der Waals surface area (Å²) in [5.41, 5.74) is 4.74. The summed E-state index contributed by atoms with van der Waals surface area (Å²) in [7, 11) is 0. The van der Waals surface area contributed by atoms with Gasteiger partial charge in [-0.3, -0.25) is 4.79 Å². The van der Waals surface area contributed by atoms with E-state index in [0.717, 1.165) is 12.8 Å². The van der Waals surface area contributed by atoms with Gasteiger partial charge in [-0.15, -0.1) is 0 Å². The summed E-state index contributed by atoms with van der Waals surface area (Å²) < 4.78 is 5.54. The van der Waals surface area contributed by atoms with E-state index in [0.29, 0.717) is 12.8 Å². The summed E-state index contributed by atoms with van der Waals surface area (Å²) in [6, 6.07) is 16.3. The van der Waals surface area contributed by atoms with Crippen LogP contribution >= 0.6 is 0 Å². The van der Waals surface area contributed by atoms with E-state index < -0.39 is 12.1 Å². The van der Waals surface area contributed by atoms with Gasteiger partial charge in [0.2, 0.25) is 0 Å². The first kappa shape index (κ1) is 17.6. The molecule has 5 nitrogen and oxygen atoms in total. The van der Waals surface area contributed by atoms with Gasteiger partial charge >= 0.3 is 12.1 Å². The van der Waals surface area contributed by atoms with Crippen LogP contribution in [0.1, 0.15) is 42.7 Å². The van der Waals surface area contributed by atoms with Crippen LogP contribution in [0.25, 0.3) is 11.1 Å². The lowest BCUT2D eigenvalue weighted by atomic mass is 9.86. The standard InChI is InChI=1S/C22H23NO4/c24-21(25)14-6-5-7-15(12-14)23-22(26)27-13-20-18-10-3-1-8-16(18)17-9-2-4-11-19(17)20/h1-4,8-11,14-15,20H,5-7,12-13H2,(H,23,26)(H,24,25)/t14-,15-/m1/s1. The summed E-state index contributed by atoms with van der Waals surface area (Å²) in [6.07, 6.45) is 2.30. The van der Waals surface area contributed by atoms with Crippen LogP contribution in [-0.4, -0.2) is 29.8 Å². The molecule has 2 aromatic carbocycles. The molecule has 0 heterocycles. The fourth-order valence-electron chi connectivity index (χ4n) is 4.35. The van der Waals surface area contributed by atoms with Crippen LogP contribution in [0, 0.1) is 5.92 Å². The average Bonchev–Trinajstić information content (AvgIpc) is 3.00. The van der Waals surface area contributed by atoms with Crippen molar-refractivity contribution in [3.8, 4) is 11.1 Å². The van der Waals surface area contributed by atoms with Gasteiger partial charge in [0.25, 0.3) is 0 Å². The van der Waals surface area contributed by atoms with E-state index in [-0.39, 0.29) is 24.5 Å². The van der Waals surface area contributed by atoms with E-state index >= 15 is 0 Å². The van der Waals surface area contributed by atoms with Crippen LogP contribution in [0.3, 0.4) is 0 Å². The Labute approximate surface area is 158 Å². The van der Waals surface area contributed by atoms with Gasteiger partial charge in [-0.05, 0) is 41.5 Å². The highest BCUT2D eigenvalue weighted by atomic mass is 16.5. The highest BCUT2D eigenvalue weighted by molar-refractivity contribution is 5.79. The molecular formula is C22H23NO4. The zero-order valence-corrected chi connectivity index (χ0v) is 15.1. The maximum Gasteiger partial charge on any atom is 0.407 e. The zero-order valence-electron chi connectivity index (χ0n) is 15.1. The lowest BCUT2D eigenvalue weighted by molar-refractivity contribution is -0.143. The Morgan fingerprint density at radius 3 is 2.26 bits per heavy atom. The number of hydrogen-bond donors (Lipinski definition) is 2. The monoisotopic (exact) mass is 365 g/mol. The van der Waals surface area contributed by atoms with Crippen molar-refractivity contribution in [2.45, 2.75) is 37.6 Å². The summed E-state index contributed by atoms with van der Waals surface area (Å²) in [6.45, 7) is 0.273. The van der Waals surface area contributed by atoms with E-state index in [1.807, 2.05) is 24.3 Å². The molecule has 140 valence electrons. The summed E-state index contributed by atoms with van der Waals surface area (Å²) in [4.78, 5) is 23.5. The number of alkyl carbamates (subject to hydrolysis) is 1. The second-order valence-corrected chi connectivity index (χ2v) is 7.37. The molecule has 2 aliphatic rings.